The molecular weight excluding hydrogens is 204 g/mol. The van der Waals surface area contributed by atoms with Crippen molar-refractivity contribution in [3.8, 4) is 0 Å². The highest BCUT2D eigenvalue weighted by atomic mass is 16.5. The highest BCUT2D eigenvalue weighted by Crippen LogP contribution is 2.20. The van der Waals surface area contributed by atoms with Gasteiger partial charge in [-0.15, -0.1) is 0 Å². The van der Waals surface area contributed by atoms with Crippen LogP contribution >= 0.6 is 0 Å². The average Bonchev–Trinajstić information content (AvgIpc) is 2.65. The predicted octanol–water partition coefficient (Wildman–Crippen LogP) is -0.512. The van der Waals surface area contributed by atoms with Gasteiger partial charge in [0.1, 0.15) is 0 Å². The van der Waals surface area contributed by atoms with Gasteiger partial charge < -0.3 is 14.9 Å². The van der Waals surface area contributed by atoms with E-state index in [9.17, 15) is 14.7 Å². The lowest BCUT2D eigenvalue weighted by atomic mass is 10.0. The SMILES string of the molecule is COC(=O)C(C)(O)c1cc(C(=O)O)n[nH]1. The van der Waals surface area contributed by atoms with Gasteiger partial charge in [-0.1, -0.05) is 0 Å². The molecule has 0 bridgehead atoms. The summed E-state index contributed by atoms with van der Waals surface area (Å²) in [6.07, 6.45) is 0. The van der Waals surface area contributed by atoms with E-state index >= 15 is 0 Å². The lowest BCUT2D eigenvalue weighted by Gasteiger charge is -2.17. The summed E-state index contributed by atoms with van der Waals surface area (Å²) in [7, 11) is 1.12. The first-order valence-corrected chi connectivity index (χ1v) is 3.99. The van der Waals surface area contributed by atoms with Crippen LogP contribution in [-0.2, 0) is 15.1 Å². The molecule has 1 aromatic rings. The Labute approximate surface area is 84.7 Å². The standard InChI is InChI=1S/C8H10N2O5/c1-8(14,7(13)15-2)5-3-4(6(11)12)9-10-5/h3,14H,1-2H3,(H,9,10)(H,11,12). The maximum absolute atomic E-state index is 11.1. The number of ether oxygens (including phenoxy) is 1. The largest absolute Gasteiger partial charge is 0.476 e. The summed E-state index contributed by atoms with van der Waals surface area (Å²) in [6, 6.07) is 1.07. The number of aromatic nitrogens is 2. The molecule has 0 aromatic carbocycles. The number of carboxylic acid groups (broad SMARTS) is 1. The molecule has 0 aliphatic rings. The third kappa shape index (κ3) is 1.96. The summed E-state index contributed by atoms with van der Waals surface area (Å²) < 4.78 is 4.36. The van der Waals surface area contributed by atoms with Crippen LogP contribution in [0.3, 0.4) is 0 Å². The normalized spacial score (nSPS) is 14.3. The number of hydrogen-bond donors (Lipinski definition) is 3. The van der Waals surface area contributed by atoms with Crippen LogP contribution < -0.4 is 0 Å². The first kappa shape index (κ1) is 11.2. The Morgan fingerprint density at radius 2 is 2.20 bits per heavy atom. The van der Waals surface area contributed by atoms with Crippen LogP contribution in [0.1, 0.15) is 23.1 Å². The molecule has 0 radical (unpaired) electrons. The number of esters is 1. The molecule has 15 heavy (non-hydrogen) atoms. The van der Waals surface area contributed by atoms with Crippen molar-refractivity contribution in [3.63, 3.8) is 0 Å². The van der Waals surface area contributed by atoms with Gasteiger partial charge >= 0.3 is 11.9 Å². The second-order valence-corrected chi connectivity index (χ2v) is 3.04. The van der Waals surface area contributed by atoms with Crippen molar-refractivity contribution in [2.24, 2.45) is 0 Å². The Hall–Kier alpha value is -1.89. The number of carboxylic acids is 1. The van der Waals surface area contributed by atoms with E-state index in [1.807, 2.05) is 0 Å². The van der Waals surface area contributed by atoms with E-state index in [4.69, 9.17) is 5.11 Å². The average molecular weight is 214 g/mol. The zero-order chi connectivity index (χ0) is 11.6. The van der Waals surface area contributed by atoms with Gasteiger partial charge in [-0.25, -0.2) is 9.59 Å². The van der Waals surface area contributed by atoms with Crippen molar-refractivity contribution in [1.29, 1.82) is 0 Å². The summed E-state index contributed by atoms with van der Waals surface area (Å²) in [5, 5.41) is 24.0. The summed E-state index contributed by atoms with van der Waals surface area (Å²) in [6.45, 7) is 1.18. The molecule has 1 rings (SSSR count). The number of nitrogens with zero attached hydrogens (tertiary/aromatic N) is 1. The number of carbonyl (C=O) groups is 2. The third-order valence-electron chi connectivity index (χ3n) is 1.90. The Balaban J connectivity index is 3.05. The van der Waals surface area contributed by atoms with Gasteiger partial charge in [0.2, 0.25) is 5.60 Å². The number of rotatable bonds is 3. The van der Waals surface area contributed by atoms with Gasteiger partial charge in [0.25, 0.3) is 0 Å². The molecule has 1 unspecified atom stereocenters. The van der Waals surface area contributed by atoms with Crippen LogP contribution in [0.2, 0.25) is 0 Å². The van der Waals surface area contributed by atoms with Crippen molar-refractivity contribution < 1.29 is 24.5 Å². The van der Waals surface area contributed by atoms with Crippen molar-refractivity contribution in [1.82, 2.24) is 10.2 Å². The Bertz CT molecular complexity index is 395. The number of methoxy groups -OCH3 is 1. The molecule has 0 saturated heterocycles. The smallest absolute Gasteiger partial charge is 0.356 e. The number of hydrogen-bond acceptors (Lipinski definition) is 5. The number of nitrogens with one attached hydrogen (secondary N) is 1. The van der Waals surface area contributed by atoms with Crippen LogP contribution in [0.5, 0.6) is 0 Å². The molecule has 0 fully saturated rings. The first-order valence-electron chi connectivity index (χ1n) is 3.99. The van der Waals surface area contributed by atoms with Gasteiger partial charge in [0.05, 0.1) is 12.8 Å². The lowest BCUT2D eigenvalue weighted by Crippen LogP contribution is -2.33. The maximum Gasteiger partial charge on any atom is 0.356 e. The van der Waals surface area contributed by atoms with Crippen LogP contribution in [0, 0.1) is 0 Å². The van der Waals surface area contributed by atoms with E-state index in [1.54, 1.807) is 0 Å². The number of H-pyrrole nitrogens is 1. The fourth-order valence-electron chi connectivity index (χ4n) is 0.989. The maximum atomic E-state index is 11.1. The molecule has 0 spiro atoms. The second kappa shape index (κ2) is 3.70. The van der Waals surface area contributed by atoms with Gasteiger partial charge in [0.15, 0.2) is 5.69 Å². The molecule has 0 aliphatic carbocycles. The molecule has 0 saturated carbocycles. The minimum atomic E-state index is -1.94. The Morgan fingerprint density at radius 1 is 1.60 bits per heavy atom. The summed E-state index contributed by atoms with van der Waals surface area (Å²) in [5.41, 5.74) is -2.25. The molecule has 0 amide bonds. The lowest BCUT2D eigenvalue weighted by molar-refractivity contribution is -0.161. The fourth-order valence-corrected chi connectivity index (χ4v) is 0.989. The van der Waals surface area contributed by atoms with Crippen molar-refractivity contribution in [2.45, 2.75) is 12.5 Å². The van der Waals surface area contributed by atoms with E-state index in [2.05, 4.69) is 14.9 Å². The molecule has 7 nitrogen and oxygen atoms in total. The minimum absolute atomic E-state index is 0.0354. The molecule has 82 valence electrons. The van der Waals surface area contributed by atoms with E-state index in [1.165, 1.54) is 6.92 Å². The summed E-state index contributed by atoms with van der Waals surface area (Å²) >= 11 is 0. The number of aromatic amines is 1. The minimum Gasteiger partial charge on any atom is -0.476 e. The van der Waals surface area contributed by atoms with Gasteiger partial charge in [-0.3, -0.25) is 5.10 Å². The second-order valence-electron chi connectivity index (χ2n) is 3.04. The van der Waals surface area contributed by atoms with Gasteiger partial charge in [-0.05, 0) is 13.0 Å². The van der Waals surface area contributed by atoms with Crippen molar-refractivity contribution in [2.75, 3.05) is 7.11 Å². The van der Waals surface area contributed by atoms with Crippen LogP contribution in [0.4, 0.5) is 0 Å². The Morgan fingerprint density at radius 3 is 2.60 bits per heavy atom. The number of aromatic carboxylic acids is 1. The fraction of sp³-hybridized carbons (Fsp3) is 0.375. The molecule has 3 N–H and O–H groups in total. The molecule has 1 aromatic heterocycles. The quantitative estimate of drug-likeness (QED) is 0.584. The van der Waals surface area contributed by atoms with E-state index < -0.39 is 17.5 Å². The molecule has 7 heteroatoms. The zero-order valence-electron chi connectivity index (χ0n) is 8.14. The van der Waals surface area contributed by atoms with E-state index in [0.717, 1.165) is 13.2 Å². The molecule has 1 heterocycles. The third-order valence-corrected chi connectivity index (χ3v) is 1.90. The van der Waals surface area contributed by atoms with E-state index in [-0.39, 0.29) is 11.4 Å². The van der Waals surface area contributed by atoms with Gasteiger partial charge in [0, 0.05) is 0 Å². The van der Waals surface area contributed by atoms with Crippen molar-refractivity contribution >= 4 is 11.9 Å². The van der Waals surface area contributed by atoms with Gasteiger partial charge in [-0.2, -0.15) is 5.10 Å². The molecular formula is C8H10N2O5. The zero-order valence-corrected chi connectivity index (χ0v) is 8.14. The first-order chi connectivity index (χ1) is 6.89. The van der Waals surface area contributed by atoms with Crippen LogP contribution in [-0.4, -0.2) is 39.5 Å². The number of aliphatic hydroxyl groups is 1. The number of carbonyl (C=O) groups excluding carboxylic acids is 1. The molecule has 1 atom stereocenters. The summed E-state index contributed by atoms with van der Waals surface area (Å²) in [5.74, 6) is -2.15. The van der Waals surface area contributed by atoms with Crippen LogP contribution in [0.25, 0.3) is 0 Å². The highest BCUT2D eigenvalue weighted by Gasteiger charge is 2.36. The Kier molecular flexibility index (Phi) is 2.76. The van der Waals surface area contributed by atoms with E-state index in [0.29, 0.717) is 0 Å². The predicted molar refractivity (Wildman–Crippen MR) is 47.1 cm³/mol. The van der Waals surface area contributed by atoms with Crippen molar-refractivity contribution in [3.05, 3.63) is 17.5 Å². The molecule has 0 aliphatic heterocycles. The van der Waals surface area contributed by atoms with Crippen LogP contribution in [0.15, 0.2) is 6.07 Å². The summed E-state index contributed by atoms with van der Waals surface area (Å²) in [4.78, 5) is 21.6. The highest BCUT2D eigenvalue weighted by molar-refractivity contribution is 5.86. The topological polar surface area (TPSA) is 113 Å². The monoisotopic (exact) mass is 214 g/mol.